The van der Waals surface area contributed by atoms with E-state index in [1.54, 1.807) is 6.92 Å². The van der Waals surface area contributed by atoms with E-state index in [4.69, 9.17) is 14.2 Å². The van der Waals surface area contributed by atoms with Gasteiger partial charge in [-0.25, -0.2) is 0 Å². The molecule has 1 N–H and O–H groups in total. The van der Waals surface area contributed by atoms with E-state index in [0.717, 1.165) is 12.2 Å². The normalized spacial score (nSPS) is 42.7. The van der Waals surface area contributed by atoms with Crippen LogP contribution in [0.3, 0.4) is 0 Å². The van der Waals surface area contributed by atoms with Crippen LogP contribution in [0.1, 0.15) is 72.8 Å². The summed E-state index contributed by atoms with van der Waals surface area (Å²) in [5.41, 5.74) is 1.41. The Hall–Kier alpha value is -1.10. The number of benzene rings is 1. The van der Waals surface area contributed by atoms with Crippen molar-refractivity contribution in [2.45, 2.75) is 91.0 Å². The maximum atomic E-state index is 10.7. The van der Waals surface area contributed by atoms with E-state index < -0.39 is 12.1 Å². The predicted octanol–water partition coefficient (Wildman–Crippen LogP) is 5.48. The average molecular weight is 403 g/mol. The van der Waals surface area contributed by atoms with Crippen molar-refractivity contribution in [1.82, 2.24) is 0 Å². The fourth-order valence-corrected chi connectivity index (χ4v) is 5.75. The first kappa shape index (κ1) is 21.1. The molecule has 4 nitrogen and oxygen atoms in total. The predicted molar refractivity (Wildman–Crippen MR) is 113 cm³/mol. The lowest BCUT2D eigenvalue weighted by Gasteiger charge is -2.51. The van der Waals surface area contributed by atoms with Gasteiger partial charge in [0.1, 0.15) is 5.75 Å². The molecule has 0 bridgehead atoms. The third-order valence-corrected chi connectivity index (χ3v) is 7.65. The van der Waals surface area contributed by atoms with E-state index in [1.165, 1.54) is 18.4 Å². The summed E-state index contributed by atoms with van der Waals surface area (Å²) in [6.45, 7) is 13.0. The van der Waals surface area contributed by atoms with Crippen LogP contribution in [-0.2, 0) is 14.9 Å². The maximum absolute atomic E-state index is 10.7. The van der Waals surface area contributed by atoms with Crippen molar-refractivity contribution < 1.29 is 19.3 Å². The van der Waals surface area contributed by atoms with Crippen LogP contribution in [0.15, 0.2) is 24.3 Å². The number of ether oxygens (including phenoxy) is 3. The second-order valence-electron chi connectivity index (χ2n) is 10.9. The molecule has 1 aromatic carbocycles. The lowest BCUT2D eigenvalue weighted by atomic mass is 9.61. The largest absolute Gasteiger partial charge is 0.465 e. The van der Waals surface area contributed by atoms with Gasteiger partial charge >= 0.3 is 0 Å². The summed E-state index contributed by atoms with van der Waals surface area (Å²) in [6.07, 6.45) is 3.32. The molecule has 1 saturated carbocycles. The minimum Gasteiger partial charge on any atom is -0.465 e. The van der Waals surface area contributed by atoms with Crippen LogP contribution in [0, 0.1) is 29.6 Å². The van der Waals surface area contributed by atoms with Crippen molar-refractivity contribution in [3.63, 3.8) is 0 Å². The molecular weight excluding hydrogens is 364 g/mol. The number of rotatable bonds is 2. The van der Waals surface area contributed by atoms with Gasteiger partial charge in [-0.05, 0) is 60.6 Å². The zero-order valence-corrected chi connectivity index (χ0v) is 18.9. The highest BCUT2D eigenvalue weighted by atomic mass is 16.8. The monoisotopic (exact) mass is 402 g/mol. The van der Waals surface area contributed by atoms with Crippen LogP contribution in [0.4, 0.5) is 0 Å². The van der Waals surface area contributed by atoms with E-state index in [-0.39, 0.29) is 11.7 Å². The molecule has 3 aliphatic rings. The van der Waals surface area contributed by atoms with Crippen LogP contribution < -0.4 is 4.74 Å². The molecule has 8 atom stereocenters. The SMILES string of the molecule is C[C@H]1C(Oc2ccc(C(C)(C)C)cc2)O[C@@H]2OC(C)(O)CCC3C2C1CC[C@H]3C. The Kier molecular flexibility index (Phi) is 5.50. The summed E-state index contributed by atoms with van der Waals surface area (Å²) in [5, 5.41) is 10.7. The molecule has 2 heterocycles. The highest BCUT2D eigenvalue weighted by Crippen LogP contribution is 2.53. The van der Waals surface area contributed by atoms with Crippen molar-refractivity contribution in [2.24, 2.45) is 29.6 Å². The van der Waals surface area contributed by atoms with Crippen molar-refractivity contribution in [3.8, 4) is 5.75 Å². The van der Waals surface area contributed by atoms with E-state index in [9.17, 15) is 5.11 Å². The molecule has 0 radical (unpaired) electrons. The molecule has 0 spiro atoms. The summed E-state index contributed by atoms with van der Waals surface area (Å²) in [4.78, 5) is 0. The molecule has 0 aromatic heterocycles. The van der Waals surface area contributed by atoms with Crippen molar-refractivity contribution in [1.29, 1.82) is 0 Å². The first-order valence-corrected chi connectivity index (χ1v) is 11.4. The Balaban J connectivity index is 1.56. The molecule has 29 heavy (non-hydrogen) atoms. The smallest absolute Gasteiger partial charge is 0.205 e. The van der Waals surface area contributed by atoms with Gasteiger partial charge in [0.05, 0.1) is 0 Å². The zero-order valence-electron chi connectivity index (χ0n) is 18.9. The minimum absolute atomic E-state index is 0.119. The number of hydrogen-bond donors (Lipinski definition) is 1. The highest BCUT2D eigenvalue weighted by molar-refractivity contribution is 5.31. The van der Waals surface area contributed by atoms with Gasteiger partial charge in [0.15, 0.2) is 12.1 Å². The van der Waals surface area contributed by atoms with Crippen LogP contribution >= 0.6 is 0 Å². The highest BCUT2D eigenvalue weighted by Gasteiger charge is 2.54. The fraction of sp³-hybridized carbons (Fsp3) is 0.760. The Morgan fingerprint density at radius 1 is 1.03 bits per heavy atom. The summed E-state index contributed by atoms with van der Waals surface area (Å²) in [6, 6.07) is 8.35. The molecule has 1 aromatic rings. The Morgan fingerprint density at radius 3 is 2.38 bits per heavy atom. The van der Waals surface area contributed by atoms with Crippen molar-refractivity contribution >= 4 is 0 Å². The zero-order chi connectivity index (χ0) is 21.0. The fourth-order valence-electron chi connectivity index (χ4n) is 5.75. The molecule has 4 heteroatoms. The molecule has 2 saturated heterocycles. The lowest BCUT2D eigenvalue weighted by Crippen LogP contribution is -2.55. The second-order valence-corrected chi connectivity index (χ2v) is 10.9. The molecule has 0 amide bonds. The van der Waals surface area contributed by atoms with Gasteiger partial charge in [0.25, 0.3) is 0 Å². The molecule has 4 rings (SSSR count). The third-order valence-electron chi connectivity index (χ3n) is 7.65. The summed E-state index contributed by atoms with van der Waals surface area (Å²) < 4.78 is 18.8. The van der Waals surface area contributed by atoms with Crippen molar-refractivity contribution in [2.75, 3.05) is 0 Å². The van der Waals surface area contributed by atoms with Gasteiger partial charge < -0.3 is 19.3 Å². The standard InChI is InChI=1S/C25H38O4/c1-15-7-12-20-16(2)22(27-18-10-8-17(9-11-18)24(3,4)5)28-23-21(20)19(15)13-14-25(6,26)29-23/h8-11,15-16,19-23,26H,7,12-14H2,1-6H3/t15-,16-,19?,20?,21?,22?,23-,25?/m1/s1. The molecule has 5 unspecified atom stereocenters. The maximum Gasteiger partial charge on any atom is 0.205 e. The quantitative estimate of drug-likeness (QED) is 0.712. The summed E-state index contributed by atoms with van der Waals surface area (Å²) >= 11 is 0. The van der Waals surface area contributed by atoms with Crippen LogP contribution in [-0.4, -0.2) is 23.5 Å². The van der Waals surface area contributed by atoms with Gasteiger partial charge in [0.2, 0.25) is 6.29 Å². The van der Waals surface area contributed by atoms with Gasteiger partial charge in [0, 0.05) is 18.3 Å². The van der Waals surface area contributed by atoms with Gasteiger partial charge in [-0.3, -0.25) is 0 Å². The van der Waals surface area contributed by atoms with Crippen LogP contribution in [0.2, 0.25) is 0 Å². The third kappa shape index (κ3) is 4.22. The number of aliphatic hydroxyl groups is 1. The molecular formula is C25H38O4. The first-order chi connectivity index (χ1) is 13.5. The van der Waals surface area contributed by atoms with Crippen LogP contribution in [0.5, 0.6) is 5.75 Å². The van der Waals surface area contributed by atoms with E-state index in [0.29, 0.717) is 36.0 Å². The molecule has 3 fully saturated rings. The first-order valence-electron chi connectivity index (χ1n) is 11.4. The van der Waals surface area contributed by atoms with Gasteiger partial charge in [-0.15, -0.1) is 0 Å². The second kappa shape index (κ2) is 7.55. The average Bonchev–Trinajstić information content (AvgIpc) is 2.77. The van der Waals surface area contributed by atoms with E-state index in [1.807, 2.05) is 12.1 Å². The van der Waals surface area contributed by atoms with Crippen LogP contribution in [0.25, 0.3) is 0 Å². The van der Waals surface area contributed by atoms with Crippen molar-refractivity contribution in [3.05, 3.63) is 29.8 Å². The minimum atomic E-state index is -1.13. The lowest BCUT2D eigenvalue weighted by molar-refractivity contribution is -0.358. The molecule has 1 aliphatic carbocycles. The van der Waals surface area contributed by atoms with E-state index >= 15 is 0 Å². The summed E-state index contributed by atoms with van der Waals surface area (Å²) in [7, 11) is 0. The Labute approximate surface area is 175 Å². The van der Waals surface area contributed by atoms with Gasteiger partial charge in [-0.2, -0.15) is 0 Å². The van der Waals surface area contributed by atoms with Gasteiger partial charge in [-0.1, -0.05) is 53.2 Å². The number of hydrogen-bond acceptors (Lipinski definition) is 4. The Bertz CT molecular complexity index is 705. The summed E-state index contributed by atoms with van der Waals surface area (Å²) in [5.74, 6) is 2.02. The molecule has 2 aliphatic heterocycles. The topological polar surface area (TPSA) is 47.9 Å². The Morgan fingerprint density at radius 2 is 1.72 bits per heavy atom. The van der Waals surface area contributed by atoms with E-state index in [2.05, 4.69) is 46.8 Å². The molecule has 162 valence electrons.